The van der Waals surface area contributed by atoms with E-state index in [1.54, 1.807) is 11.9 Å². The number of nitrogens with one attached hydrogen (secondary N) is 1. The van der Waals surface area contributed by atoms with Gasteiger partial charge in [-0.25, -0.2) is 0 Å². The largest absolute Gasteiger partial charge is 0.393 e. The van der Waals surface area contributed by atoms with Crippen LogP contribution in [0.2, 0.25) is 0 Å². The summed E-state index contributed by atoms with van der Waals surface area (Å²) in [4.78, 5) is 27.2. The SMILES string of the molecule is CC(=O)NCC1CCN(CC(=O)N(C)CCC(N)=S)CC1. The fourth-order valence-corrected chi connectivity index (χ4v) is 2.44. The van der Waals surface area contributed by atoms with E-state index in [1.165, 1.54) is 6.92 Å². The molecule has 21 heavy (non-hydrogen) atoms. The monoisotopic (exact) mass is 314 g/mol. The van der Waals surface area contributed by atoms with Crippen molar-refractivity contribution in [3.05, 3.63) is 0 Å². The Bertz CT molecular complexity index is 381. The predicted octanol–water partition coefficient (Wildman–Crippen LogP) is -0.0309. The number of carbonyl (C=O) groups is 2. The minimum atomic E-state index is 0.0204. The lowest BCUT2D eigenvalue weighted by Gasteiger charge is -2.32. The zero-order valence-electron chi connectivity index (χ0n) is 12.9. The lowest BCUT2D eigenvalue weighted by molar-refractivity contribution is -0.131. The number of hydrogen-bond acceptors (Lipinski definition) is 4. The van der Waals surface area contributed by atoms with Crippen LogP contribution < -0.4 is 11.1 Å². The summed E-state index contributed by atoms with van der Waals surface area (Å²) in [7, 11) is 1.78. The number of amides is 2. The fourth-order valence-electron chi connectivity index (χ4n) is 2.35. The van der Waals surface area contributed by atoms with Gasteiger partial charge in [0, 0.05) is 33.5 Å². The number of likely N-dealkylation sites (tertiary alicyclic amines) is 1. The Morgan fingerprint density at radius 1 is 1.38 bits per heavy atom. The van der Waals surface area contributed by atoms with Gasteiger partial charge in [-0.05, 0) is 31.8 Å². The van der Waals surface area contributed by atoms with Crippen LogP contribution in [0.4, 0.5) is 0 Å². The van der Waals surface area contributed by atoms with E-state index in [2.05, 4.69) is 10.2 Å². The van der Waals surface area contributed by atoms with Gasteiger partial charge in [-0.3, -0.25) is 14.5 Å². The second-order valence-electron chi connectivity index (χ2n) is 5.69. The Labute approximate surface area is 132 Å². The highest BCUT2D eigenvalue weighted by atomic mass is 32.1. The van der Waals surface area contributed by atoms with Crippen molar-refractivity contribution in [3.8, 4) is 0 Å². The zero-order valence-corrected chi connectivity index (χ0v) is 13.7. The minimum absolute atomic E-state index is 0.0204. The lowest BCUT2D eigenvalue weighted by atomic mass is 9.97. The Kier molecular flexibility index (Phi) is 7.60. The van der Waals surface area contributed by atoms with Crippen molar-refractivity contribution in [1.29, 1.82) is 0 Å². The summed E-state index contributed by atoms with van der Waals surface area (Å²) in [6, 6.07) is 0. The van der Waals surface area contributed by atoms with Crippen LogP contribution in [0.1, 0.15) is 26.2 Å². The molecule has 0 aliphatic carbocycles. The number of carbonyl (C=O) groups excluding carboxylic acids is 2. The molecule has 120 valence electrons. The van der Waals surface area contributed by atoms with Gasteiger partial charge in [0.05, 0.1) is 11.5 Å². The summed E-state index contributed by atoms with van der Waals surface area (Å²) >= 11 is 4.82. The lowest BCUT2D eigenvalue weighted by Crippen LogP contribution is -2.44. The minimum Gasteiger partial charge on any atom is -0.393 e. The van der Waals surface area contributed by atoms with E-state index >= 15 is 0 Å². The van der Waals surface area contributed by atoms with Crippen molar-refractivity contribution in [2.75, 3.05) is 39.8 Å². The molecule has 1 fully saturated rings. The molecule has 2 amide bonds. The number of nitrogens with zero attached hydrogens (tertiary/aromatic N) is 2. The molecule has 6 nitrogen and oxygen atoms in total. The van der Waals surface area contributed by atoms with Gasteiger partial charge in [-0.2, -0.15) is 0 Å². The van der Waals surface area contributed by atoms with Gasteiger partial charge in [0.2, 0.25) is 11.8 Å². The van der Waals surface area contributed by atoms with Crippen LogP contribution in [-0.2, 0) is 9.59 Å². The Morgan fingerprint density at radius 3 is 2.52 bits per heavy atom. The Hall–Kier alpha value is -1.21. The number of likely N-dealkylation sites (N-methyl/N-ethyl adjacent to an activating group) is 1. The molecule has 0 atom stereocenters. The second-order valence-corrected chi connectivity index (χ2v) is 6.21. The fraction of sp³-hybridized carbons (Fsp3) is 0.786. The third kappa shape index (κ3) is 7.38. The maximum absolute atomic E-state index is 12.1. The maximum Gasteiger partial charge on any atom is 0.236 e. The van der Waals surface area contributed by atoms with Crippen LogP contribution >= 0.6 is 12.2 Å². The molecule has 0 aromatic rings. The number of rotatable bonds is 7. The van der Waals surface area contributed by atoms with Crippen LogP contribution in [0.15, 0.2) is 0 Å². The van der Waals surface area contributed by atoms with Crippen molar-refractivity contribution < 1.29 is 9.59 Å². The Morgan fingerprint density at radius 2 is 2.00 bits per heavy atom. The second kappa shape index (κ2) is 8.94. The van der Waals surface area contributed by atoms with E-state index in [0.29, 0.717) is 30.4 Å². The van der Waals surface area contributed by atoms with E-state index < -0.39 is 0 Å². The third-order valence-electron chi connectivity index (χ3n) is 3.83. The molecule has 0 spiro atoms. The number of piperidine rings is 1. The van der Waals surface area contributed by atoms with Crippen molar-refractivity contribution in [1.82, 2.24) is 15.1 Å². The predicted molar refractivity (Wildman–Crippen MR) is 86.9 cm³/mol. The number of thiocarbonyl (C=S) groups is 1. The molecule has 0 bridgehead atoms. The van der Waals surface area contributed by atoms with Gasteiger partial charge in [0.15, 0.2) is 0 Å². The van der Waals surface area contributed by atoms with Crippen LogP contribution in [0.3, 0.4) is 0 Å². The first-order valence-corrected chi connectivity index (χ1v) is 7.78. The van der Waals surface area contributed by atoms with Crippen LogP contribution in [-0.4, -0.2) is 66.4 Å². The molecule has 0 aromatic carbocycles. The molecule has 1 heterocycles. The average Bonchev–Trinajstić information content (AvgIpc) is 2.43. The van der Waals surface area contributed by atoms with Crippen molar-refractivity contribution in [2.45, 2.75) is 26.2 Å². The maximum atomic E-state index is 12.1. The molecule has 7 heteroatoms. The summed E-state index contributed by atoms with van der Waals surface area (Å²) in [5.41, 5.74) is 5.44. The summed E-state index contributed by atoms with van der Waals surface area (Å²) in [5.74, 6) is 0.645. The zero-order chi connectivity index (χ0) is 15.8. The van der Waals surface area contributed by atoms with E-state index in [-0.39, 0.29) is 11.8 Å². The summed E-state index contributed by atoms with van der Waals surface area (Å²) in [5, 5.41) is 2.86. The third-order valence-corrected chi connectivity index (χ3v) is 4.03. The molecule has 0 radical (unpaired) electrons. The molecule has 1 aliphatic heterocycles. The van der Waals surface area contributed by atoms with Gasteiger partial charge >= 0.3 is 0 Å². The number of nitrogens with two attached hydrogens (primary N) is 1. The standard InChI is InChI=1S/C14H26N4O2S/c1-11(19)16-9-12-3-7-18(8-4-12)10-14(20)17(2)6-5-13(15)21/h12H,3-10H2,1-2H3,(H2,15,21)(H,16,19). The van der Waals surface area contributed by atoms with E-state index in [4.69, 9.17) is 18.0 Å². The van der Waals surface area contributed by atoms with Gasteiger partial charge in [0.25, 0.3) is 0 Å². The average molecular weight is 314 g/mol. The molecule has 1 rings (SSSR count). The first kappa shape index (κ1) is 17.8. The summed E-state index contributed by atoms with van der Waals surface area (Å²) < 4.78 is 0. The number of hydrogen-bond donors (Lipinski definition) is 2. The molecular weight excluding hydrogens is 288 g/mol. The highest BCUT2D eigenvalue weighted by Crippen LogP contribution is 2.16. The smallest absolute Gasteiger partial charge is 0.236 e. The van der Waals surface area contributed by atoms with E-state index in [0.717, 1.165) is 32.5 Å². The molecule has 0 aromatic heterocycles. The topological polar surface area (TPSA) is 78.7 Å². The quantitative estimate of drug-likeness (QED) is 0.645. The van der Waals surface area contributed by atoms with Gasteiger partial charge in [-0.1, -0.05) is 12.2 Å². The molecule has 1 aliphatic rings. The van der Waals surface area contributed by atoms with Crippen LogP contribution in [0.25, 0.3) is 0 Å². The molecule has 1 saturated heterocycles. The van der Waals surface area contributed by atoms with E-state index in [9.17, 15) is 9.59 Å². The van der Waals surface area contributed by atoms with Crippen molar-refractivity contribution >= 4 is 29.0 Å². The normalized spacial score (nSPS) is 16.5. The van der Waals surface area contributed by atoms with Crippen LogP contribution in [0.5, 0.6) is 0 Å². The molecular formula is C14H26N4O2S. The van der Waals surface area contributed by atoms with Gasteiger partial charge in [-0.15, -0.1) is 0 Å². The van der Waals surface area contributed by atoms with Crippen molar-refractivity contribution in [3.63, 3.8) is 0 Å². The Balaban J connectivity index is 2.23. The highest BCUT2D eigenvalue weighted by molar-refractivity contribution is 7.80. The van der Waals surface area contributed by atoms with Crippen molar-refractivity contribution in [2.24, 2.45) is 11.7 Å². The van der Waals surface area contributed by atoms with Gasteiger partial charge in [0.1, 0.15) is 0 Å². The summed E-state index contributed by atoms with van der Waals surface area (Å²) in [6.07, 6.45) is 2.60. The van der Waals surface area contributed by atoms with Gasteiger partial charge < -0.3 is 16.0 Å². The highest BCUT2D eigenvalue weighted by Gasteiger charge is 2.22. The summed E-state index contributed by atoms with van der Waals surface area (Å²) in [6.45, 7) is 5.10. The van der Waals surface area contributed by atoms with E-state index in [1.807, 2.05) is 0 Å². The first-order chi connectivity index (χ1) is 9.88. The first-order valence-electron chi connectivity index (χ1n) is 7.37. The molecule has 0 unspecified atom stereocenters. The van der Waals surface area contributed by atoms with Crippen LogP contribution in [0, 0.1) is 5.92 Å². The molecule has 0 saturated carbocycles. The molecule has 3 N–H and O–H groups in total.